The highest BCUT2D eigenvalue weighted by atomic mass is 35.5. The second-order valence-corrected chi connectivity index (χ2v) is 11.4. The van der Waals surface area contributed by atoms with Gasteiger partial charge >= 0.3 is 0 Å². The molecule has 5 aromatic rings. The standard InChI is InChI=1S/C35H27ClN2O5/c1-20-16-25-29(17-21(20)2)43-32-30(31(25)39)35(38(33(32)40)18-22-12-14-24(42-3)15-13-22)26-9-5-7-11-28(26)37(34(35)41)19-23-8-4-6-10-27(23)36/h4-17H,18-19H2,1-3H3. The predicted octanol–water partition coefficient (Wildman–Crippen LogP) is 6.52. The Morgan fingerprint density at radius 1 is 0.860 bits per heavy atom. The average Bonchev–Trinajstić information content (AvgIpc) is 3.40. The van der Waals surface area contributed by atoms with Gasteiger partial charge in [-0.1, -0.05) is 60.1 Å². The second kappa shape index (κ2) is 9.85. The fourth-order valence-electron chi connectivity index (χ4n) is 6.33. The van der Waals surface area contributed by atoms with E-state index < -0.39 is 22.8 Å². The number of para-hydroxylation sites is 1. The number of rotatable bonds is 5. The largest absolute Gasteiger partial charge is 0.497 e. The lowest BCUT2D eigenvalue weighted by molar-refractivity contribution is -0.126. The van der Waals surface area contributed by atoms with E-state index in [2.05, 4.69) is 0 Å². The Morgan fingerprint density at radius 3 is 2.30 bits per heavy atom. The van der Waals surface area contributed by atoms with Crippen LogP contribution < -0.4 is 15.1 Å². The molecule has 2 amide bonds. The average molecular weight is 591 g/mol. The number of hydrogen-bond acceptors (Lipinski definition) is 5. The molecule has 8 heteroatoms. The molecule has 0 aliphatic carbocycles. The van der Waals surface area contributed by atoms with Gasteiger partial charge in [0.2, 0.25) is 5.76 Å². The van der Waals surface area contributed by atoms with E-state index in [0.29, 0.717) is 33.0 Å². The van der Waals surface area contributed by atoms with Crippen LogP contribution in [0.5, 0.6) is 5.75 Å². The van der Waals surface area contributed by atoms with Gasteiger partial charge < -0.3 is 19.0 Å². The van der Waals surface area contributed by atoms with Gasteiger partial charge in [-0.05, 0) is 72.5 Å². The molecule has 0 saturated carbocycles. The van der Waals surface area contributed by atoms with Crippen LogP contribution in [0, 0.1) is 13.8 Å². The number of carbonyl (C=O) groups is 2. The molecule has 0 fully saturated rings. The predicted molar refractivity (Wildman–Crippen MR) is 165 cm³/mol. The van der Waals surface area contributed by atoms with E-state index in [-0.39, 0.29) is 24.4 Å². The van der Waals surface area contributed by atoms with Crippen molar-refractivity contribution in [2.75, 3.05) is 12.0 Å². The minimum atomic E-state index is -1.74. The van der Waals surface area contributed by atoms with Crippen molar-refractivity contribution < 1.29 is 18.7 Å². The first kappa shape index (κ1) is 27.0. The molecule has 7 rings (SSSR count). The van der Waals surface area contributed by atoms with Crippen molar-refractivity contribution in [2.24, 2.45) is 0 Å². The minimum Gasteiger partial charge on any atom is -0.497 e. The monoisotopic (exact) mass is 590 g/mol. The van der Waals surface area contributed by atoms with Crippen LogP contribution in [0.25, 0.3) is 11.0 Å². The summed E-state index contributed by atoms with van der Waals surface area (Å²) in [5, 5.41) is 0.846. The van der Waals surface area contributed by atoms with Crippen molar-refractivity contribution in [3.8, 4) is 5.75 Å². The number of fused-ring (bicyclic) bond motifs is 5. The first-order chi connectivity index (χ1) is 20.7. The van der Waals surface area contributed by atoms with Crippen LogP contribution in [0.4, 0.5) is 5.69 Å². The molecule has 7 nitrogen and oxygen atoms in total. The van der Waals surface area contributed by atoms with Crippen molar-refractivity contribution in [1.29, 1.82) is 0 Å². The first-order valence-electron chi connectivity index (χ1n) is 13.9. The summed E-state index contributed by atoms with van der Waals surface area (Å²) < 4.78 is 11.6. The third kappa shape index (κ3) is 3.85. The van der Waals surface area contributed by atoms with Crippen molar-refractivity contribution in [1.82, 2.24) is 4.90 Å². The molecule has 0 radical (unpaired) electrons. The number of nitrogens with zero attached hydrogens (tertiary/aromatic N) is 2. The highest BCUT2D eigenvalue weighted by Gasteiger charge is 2.65. The maximum atomic E-state index is 15.0. The lowest BCUT2D eigenvalue weighted by Gasteiger charge is -2.34. The normalized spacial score (nSPS) is 17.2. The van der Waals surface area contributed by atoms with Gasteiger partial charge in [0.25, 0.3) is 11.8 Å². The highest BCUT2D eigenvalue weighted by molar-refractivity contribution is 6.31. The van der Waals surface area contributed by atoms with Crippen LogP contribution in [0.1, 0.15) is 43.9 Å². The maximum Gasteiger partial charge on any atom is 0.291 e. The zero-order chi connectivity index (χ0) is 30.0. The lowest BCUT2D eigenvalue weighted by atomic mass is 9.83. The molecular formula is C35H27ClN2O5. The Balaban J connectivity index is 1.51. The van der Waals surface area contributed by atoms with Gasteiger partial charge in [-0.15, -0.1) is 0 Å². The maximum absolute atomic E-state index is 15.0. The summed E-state index contributed by atoms with van der Waals surface area (Å²) in [6.45, 7) is 4.06. The molecule has 1 aromatic heterocycles. The third-order valence-electron chi connectivity index (χ3n) is 8.64. The van der Waals surface area contributed by atoms with Crippen LogP contribution in [0.2, 0.25) is 5.02 Å². The smallest absolute Gasteiger partial charge is 0.291 e. The molecule has 214 valence electrons. The van der Waals surface area contributed by atoms with Crippen LogP contribution >= 0.6 is 11.6 Å². The molecule has 43 heavy (non-hydrogen) atoms. The molecule has 1 atom stereocenters. The molecule has 1 spiro atoms. The number of carbonyl (C=O) groups excluding carboxylic acids is 2. The summed E-state index contributed by atoms with van der Waals surface area (Å²) in [4.78, 5) is 47.0. The molecule has 2 aliphatic rings. The summed E-state index contributed by atoms with van der Waals surface area (Å²) >= 11 is 6.53. The lowest BCUT2D eigenvalue weighted by Crippen LogP contribution is -2.52. The molecule has 4 aromatic carbocycles. The van der Waals surface area contributed by atoms with Gasteiger partial charge in [-0.2, -0.15) is 0 Å². The van der Waals surface area contributed by atoms with Crippen LogP contribution in [-0.4, -0.2) is 23.8 Å². The Kier molecular flexibility index (Phi) is 6.18. The second-order valence-electron chi connectivity index (χ2n) is 11.0. The van der Waals surface area contributed by atoms with Crippen molar-refractivity contribution in [2.45, 2.75) is 32.5 Å². The summed E-state index contributed by atoms with van der Waals surface area (Å²) in [6, 6.07) is 25.4. The quantitative estimate of drug-likeness (QED) is 0.233. The number of hydrogen-bond donors (Lipinski definition) is 0. The fraction of sp³-hybridized carbons (Fsp3) is 0.171. The summed E-state index contributed by atoms with van der Waals surface area (Å²) in [7, 11) is 1.58. The van der Waals surface area contributed by atoms with E-state index in [1.807, 2.05) is 68.4 Å². The number of anilines is 1. The van der Waals surface area contributed by atoms with E-state index in [9.17, 15) is 9.59 Å². The Morgan fingerprint density at radius 2 is 1.56 bits per heavy atom. The van der Waals surface area contributed by atoms with E-state index >= 15 is 4.79 Å². The van der Waals surface area contributed by atoms with Gasteiger partial charge in [0.05, 0.1) is 30.3 Å². The van der Waals surface area contributed by atoms with Gasteiger partial charge in [-0.3, -0.25) is 14.4 Å². The molecule has 3 heterocycles. The van der Waals surface area contributed by atoms with E-state index in [1.54, 1.807) is 42.3 Å². The van der Waals surface area contributed by atoms with Crippen LogP contribution in [0.15, 0.2) is 94.1 Å². The van der Waals surface area contributed by atoms with Crippen LogP contribution in [-0.2, 0) is 23.4 Å². The zero-order valence-electron chi connectivity index (χ0n) is 23.8. The molecule has 0 bridgehead atoms. The van der Waals surface area contributed by atoms with E-state index in [0.717, 1.165) is 22.3 Å². The number of methoxy groups -OCH3 is 1. The number of amides is 2. The Bertz CT molecular complexity index is 2030. The number of halogens is 1. The summed E-state index contributed by atoms with van der Waals surface area (Å²) in [6.07, 6.45) is 0. The summed E-state index contributed by atoms with van der Waals surface area (Å²) in [5.74, 6) is -0.385. The third-order valence-corrected chi connectivity index (χ3v) is 9.01. The highest BCUT2D eigenvalue weighted by Crippen LogP contribution is 2.53. The minimum absolute atomic E-state index is 0.0425. The molecular weight excluding hydrogens is 564 g/mol. The molecule has 2 aliphatic heterocycles. The zero-order valence-corrected chi connectivity index (χ0v) is 24.6. The van der Waals surface area contributed by atoms with Gasteiger partial charge in [0, 0.05) is 17.1 Å². The Hall–Kier alpha value is -4.88. The van der Waals surface area contributed by atoms with Gasteiger partial charge in [-0.25, -0.2) is 0 Å². The number of ether oxygens (including phenoxy) is 1. The molecule has 1 unspecified atom stereocenters. The van der Waals surface area contributed by atoms with E-state index in [4.69, 9.17) is 20.8 Å². The molecule has 0 saturated heterocycles. The topological polar surface area (TPSA) is 80.1 Å². The summed E-state index contributed by atoms with van der Waals surface area (Å²) in [5.41, 5.74) is 2.72. The van der Waals surface area contributed by atoms with Gasteiger partial charge in [0.1, 0.15) is 11.3 Å². The van der Waals surface area contributed by atoms with Crippen molar-refractivity contribution >= 4 is 40.1 Å². The number of aryl methyl sites for hydroxylation is 2. The van der Waals surface area contributed by atoms with Gasteiger partial charge in [0.15, 0.2) is 11.0 Å². The SMILES string of the molecule is COc1ccc(CN2C(=O)c3oc4cc(C)c(C)cc4c(=O)c3C23C(=O)N(Cc2ccccc2Cl)c2ccccc23)cc1. The van der Waals surface area contributed by atoms with Crippen molar-refractivity contribution in [3.05, 3.63) is 139 Å². The fourth-order valence-corrected chi connectivity index (χ4v) is 6.53. The number of benzene rings is 4. The van der Waals surface area contributed by atoms with E-state index in [1.165, 1.54) is 4.90 Å². The van der Waals surface area contributed by atoms with Crippen LogP contribution in [0.3, 0.4) is 0 Å². The first-order valence-corrected chi connectivity index (χ1v) is 14.3. The Labute approximate surface area is 252 Å². The van der Waals surface area contributed by atoms with Crippen molar-refractivity contribution in [3.63, 3.8) is 0 Å². The molecule has 0 N–H and O–H groups in total.